The number of halogens is 1. The fraction of sp³-hybridized carbons (Fsp3) is 0.400. The monoisotopic (exact) mass is 467 g/mol. The van der Waals surface area contributed by atoms with Gasteiger partial charge in [0.2, 0.25) is 17.6 Å². The topological polar surface area (TPSA) is 83.7 Å². The normalized spacial score (nSPS) is 15.7. The van der Waals surface area contributed by atoms with Crippen molar-refractivity contribution < 1.29 is 18.4 Å². The van der Waals surface area contributed by atoms with Crippen LogP contribution >= 0.6 is 0 Å². The lowest BCUT2D eigenvalue weighted by molar-refractivity contribution is -0.126. The van der Waals surface area contributed by atoms with Crippen LogP contribution in [0.3, 0.4) is 0 Å². The number of rotatable bonds is 9. The second-order valence-electron chi connectivity index (χ2n) is 8.40. The molecule has 0 bridgehead atoms. The first-order chi connectivity index (χ1) is 16.5. The van der Waals surface area contributed by atoms with Crippen molar-refractivity contribution in [3.63, 3.8) is 0 Å². The summed E-state index contributed by atoms with van der Waals surface area (Å²) in [6, 6.07) is 13.7. The fourth-order valence-electron chi connectivity index (χ4n) is 3.97. The van der Waals surface area contributed by atoms with Gasteiger partial charge in [-0.1, -0.05) is 17.3 Å². The molecule has 0 aliphatic carbocycles. The summed E-state index contributed by atoms with van der Waals surface area (Å²) in [5.41, 5.74) is 1.87. The second kappa shape index (κ2) is 11.2. The van der Waals surface area contributed by atoms with Crippen molar-refractivity contribution in [1.82, 2.24) is 25.3 Å². The number of nitrogens with zero attached hydrogens (tertiary/aromatic N) is 4. The van der Waals surface area contributed by atoms with Gasteiger partial charge in [0.05, 0.1) is 19.7 Å². The van der Waals surface area contributed by atoms with E-state index in [1.807, 2.05) is 31.2 Å². The van der Waals surface area contributed by atoms with Crippen LogP contribution in [0.1, 0.15) is 18.4 Å². The molecule has 180 valence electrons. The molecule has 1 aliphatic rings. The van der Waals surface area contributed by atoms with Gasteiger partial charge in [-0.25, -0.2) is 4.39 Å². The van der Waals surface area contributed by atoms with Gasteiger partial charge < -0.3 is 14.6 Å². The summed E-state index contributed by atoms with van der Waals surface area (Å²) in [5.74, 6) is 1.67. The molecule has 2 heterocycles. The lowest BCUT2D eigenvalue weighted by Crippen LogP contribution is -2.53. The lowest BCUT2D eigenvalue weighted by Gasteiger charge is -2.36. The predicted molar refractivity (Wildman–Crippen MR) is 126 cm³/mol. The zero-order valence-electron chi connectivity index (χ0n) is 19.5. The van der Waals surface area contributed by atoms with Crippen LogP contribution in [0.25, 0.3) is 11.4 Å². The number of carbonyl (C=O) groups is 1. The largest absolute Gasteiger partial charge is 0.497 e. The minimum Gasteiger partial charge on any atom is -0.497 e. The first kappa shape index (κ1) is 23.8. The van der Waals surface area contributed by atoms with E-state index in [2.05, 4.69) is 25.3 Å². The van der Waals surface area contributed by atoms with Crippen LogP contribution < -0.4 is 10.1 Å². The average Bonchev–Trinajstić information content (AvgIpc) is 3.33. The number of amides is 1. The van der Waals surface area contributed by atoms with E-state index >= 15 is 0 Å². The van der Waals surface area contributed by atoms with Crippen LogP contribution in [-0.4, -0.2) is 71.7 Å². The van der Waals surface area contributed by atoms with Crippen LogP contribution in [0.5, 0.6) is 5.75 Å². The molecule has 34 heavy (non-hydrogen) atoms. The summed E-state index contributed by atoms with van der Waals surface area (Å²) in [5, 5.41) is 7.08. The number of ether oxygens (including phenoxy) is 1. The summed E-state index contributed by atoms with van der Waals surface area (Å²) in [6.45, 7) is 6.23. The van der Waals surface area contributed by atoms with Crippen molar-refractivity contribution in [3.8, 4) is 17.1 Å². The number of hydrogen-bond donors (Lipinski definition) is 1. The maximum Gasteiger partial charge on any atom is 0.241 e. The second-order valence-corrected chi connectivity index (χ2v) is 8.40. The lowest BCUT2D eigenvalue weighted by atomic mass is 10.1. The Morgan fingerprint density at radius 1 is 1.12 bits per heavy atom. The molecule has 1 saturated heterocycles. The molecule has 0 unspecified atom stereocenters. The average molecular weight is 468 g/mol. The number of hydrogen-bond acceptors (Lipinski definition) is 7. The highest BCUT2D eigenvalue weighted by atomic mass is 19.1. The Labute approximate surface area is 198 Å². The van der Waals surface area contributed by atoms with Crippen LogP contribution in [0.4, 0.5) is 4.39 Å². The van der Waals surface area contributed by atoms with Crippen molar-refractivity contribution in [2.75, 3.05) is 39.8 Å². The maximum absolute atomic E-state index is 13.0. The van der Waals surface area contributed by atoms with Crippen molar-refractivity contribution in [2.45, 2.75) is 25.9 Å². The first-order valence-electron chi connectivity index (χ1n) is 11.5. The molecular formula is C25H30FN5O3. The van der Waals surface area contributed by atoms with E-state index in [-0.39, 0.29) is 17.8 Å². The van der Waals surface area contributed by atoms with Crippen LogP contribution in [0.2, 0.25) is 0 Å². The van der Waals surface area contributed by atoms with Gasteiger partial charge >= 0.3 is 0 Å². The molecule has 0 radical (unpaired) electrons. The van der Waals surface area contributed by atoms with Crippen LogP contribution in [-0.2, 0) is 17.8 Å². The quantitative estimate of drug-likeness (QED) is 0.518. The molecule has 2 aromatic carbocycles. The van der Waals surface area contributed by atoms with Gasteiger partial charge in [0.15, 0.2) is 0 Å². The van der Waals surface area contributed by atoms with Gasteiger partial charge in [-0.15, -0.1) is 0 Å². The molecule has 9 heteroatoms. The molecule has 0 saturated carbocycles. The Hall–Kier alpha value is -3.30. The predicted octanol–water partition coefficient (Wildman–Crippen LogP) is 2.75. The van der Waals surface area contributed by atoms with Crippen molar-refractivity contribution in [1.29, 1.82) is 0 Å². The fourth-order valence-corrected chi connectivity index (χ4v) is 3.97. The van der Waals surface area contributed by atoms with E-state index in [0.717, 1.165) is 43.1 Å². The van der Waals surface area contributed by atoms with Crippen LogP contribution in [0.15, 0.2) is 53.1 Å². The molecule has 1 aromatic heterocycles. The Morgan fingerprint density at radius 3 is 2.50 bits per heavy atom. The summed E-state index contributed by atoms with van der Waals surface area (Å²) in [4.78, 5) is 21.5. The van der Waals surface area contributed by atoms with Crippen molar-refractivity contribution in [2.24, 2.45) is 0 Å². The summed E-state index contributed by atoms with van der Waals surface area (Å²) >= 11 is 0. The molecule has 8 nitrogen and oxygen atoms in total. The van der Waals surface area contributed by atoms with Crippen LogP contribution in [0, 0.1) is 5.82 Å². The minimum absolute atomic E-state index is 0.0107. The molecule has 1 amide bonds. The van der Waals surface area contributed by atoms with E-state index in [0.29, 0.717) is 31.2 Å². The summed E-state index contributed by atoms with van der Waals surface area (Å²) < 4.78 is 23.6. The highest BCUT2D eigenvalue weighted by Gasteiger charge is 2.26. The Bertz CT molecular complexity index is 1060. The van der Waals surface area contributed by atoms with Gasteiger partial charge in [-0.2, -0.15) is 4.98 Å². The van der Waals surface area contributed by atoms with Gasteiger partial charge in [0.1, 0.15) is 11.6 Å². The highest BCUT2D eigenvalue weighted by molar-refractivity contribution is 5.81. The minimum atomic E-state index is -0.252. The summed E-state index contributed by atoms with van der Waals surface area (Å²) in [7, 11) is 1.63. The van der Waals surface area contributed by atoms with E-state index in [9.17, 15) is 9.18 Å². The van der Waals surface area contributed by atoms with E-state index < -0.39 is 0 Å². The molecule has 3 aromatic rings. The van der Waals surface area contributed by atoms with Gasteiger partial charge in [-0.3, -0.25) is 14.6 Å². The van der Waals surface area contributed by atoms with E-state index in [4.69, 9.17) is 9.26 Å². The molecular weight excluding hydrogens is 437 g/mol. The number of aromatic nitrogens is 2. The molecule has 1 aliphatic heterocycles. The zero-order valence-corrected chi connectivity index (χ0v) is 19.5. The third-order valence-electron chi connectivity index (χ3n) is 6.14. The Balaban J connectivity index is 1.20. The van der Waals surface area contributed by atoms with E-state index in [1.165, 1.54) is 12.1 Å². The number of piperazine rings is 1. The Morgan fingerprint density at radius 2 is 1.82 bits per heavy atom. The van der Waals surface area contributed by atoms with Gasteiger partial charge in [0.25, 0.3) is 0 Å². The number of carbonyl (C=O) groups excluding carboxylic acids is 1. The zero-order chi connectivity index (χ0) is 23.9. The first-order valence-corrected chi connectivity index (χ1v) is 11.5. The number of methoxy groups -OCH3 is 1. The Kier molecular flexibility index (Phi) is 7.87. The molecule has 1 N–H and O–H groups in total. The van der Waals surface area contributed by atoms with E-state index in [1.54, 1.807) is 19.2 Å². The molecule has 4 rings (SSSR count). The maximum atomic E-state index is 13.0. The molecule has 1 fully saturated rings. The van der Waals surface area contributed by atoms with Gasteiger partial charge in [0, 0.05) is 38.3 Å². The van der Waals surface area contributed by atoms with Crippen molar-refractivity contribution >= 4 is 5.91 Å². The molecule has 1 atom stereocenters. The third kappa shape index (κ3) is 6.18. The van der Waals surface area contributed by atoms with Gasteiger partial charge in [-0.05, 0) is 55.3 Å². The highest BCUT2D eigenvalue weighted by Crippen LogP contribution is 2.20. The standard InChI is InChI=1S/C25H30FN5O3/c1-18(25(32)27-12-11-19-3-7-21(26)8-4-19)31-15-13-30(14-16-31)17-23-28-24(29-34-23)20-5-9-22(33-2)10-6-20/h3-10,18H,11-17H2,1-2H3,(H,27,32)/t18-/m0/s1. The van der Waals surface area contributed by atoms with Crippen molar-refractivity contribution in [3.05, 3.63) is 65.8 Å². The molecule has 0 spiro atoms. The SMILES string of the molecule is COc1ccc(-c2noc(CN3CCN([C@@H](C)C(=O)NCCc4ccc(F)cc4)CC3)n2)cc1. The number of benzene rings is 2. The third-order valence-corrected chi connectivity index (χ3v) is 6.14. The summed E-state index contributed by atoms with van der Waals surface area (Å²) in [6.07, 6.45) is 0.676. The smallest absolute Gasteiger partial charge is 0.241 e. The number of nitrogens with one attached hydrogen (secondary N) is 1.